The third kappa shape index (κ3) is 3.86. The van der Waals surface area contributed by atoms with Gasteiger partial charge in [-0.05, 0) is 29.7 Å². The van der Waals surface area contributed by atoms with Crippen molar-refractivity contribution in [1.29, 1.82) is 0 Å². The van der Waals surface area contributed by atoms with Crippen molar-refractivity contribution in [3.63, 3.8) is 0 Å². The van der Waals surface area contributed by atoms with E-state index in [-0.39, 0.29) is 6.54 Å². The predicted octanol–water partition coefficient (Wildman–Crippen LogP) is 3.41. The van der Waals surface area contributed by atoms with Gasteiger partial charge in [-0.25, -0.2) is 13.8 Å². The molecule has 0 aliphatic rings. The summed E-state index contributed by atoms with van der Waals surface area (Å²) in [4.78, 5) is 10.9. The Balaban J connectivity index is 2.10. The normalized spacial score (nSPS) is 10.5. The second-order valence-electron chi connectivity index (χ2n) is 4.71. The predicted molar refractivity (Wildman–Crippen MR) is 74.7 cm³/mol. The molecule has 110 valence electrons. The average Bonchev–Trinajstić information content (AvgIpc) is 2.45. The third-order valence-corrected chi connectivity index (χ3v) is 3.17. The van der Waals surface area contributed by atoms with Crippen molar-refractivity contribution >= 4 is 5.91 Å². The van der Waals surface area contributed by atoms with E-state index in [4.69, 9.17) is 0 Å². The molecule has 1 N–H and O–H groups in total. The fraction of sp³-hybridized carbons (Fsp3) is 0.188. The molecule has 0 unspecified atom stereocenters. The van der Waals surface area contributed by atoms with E-state index in [0.717, 1.165) is 11.6 Å². The van der Waals surface area contributed by atoms with Crippen molar-refractivity contribution in [2.75, 3.05) is 6.54 Å². The molecule has 0 bridgehead atoms. The molecule has 1 amide bonds. The number of hydrogen-bond donors (Lipinski definition) is 1. The van der Waals surface area contributed by atoms with Gasteiger partial charge in [-0.2, -0.15) is 0 Å². The first-order valence-electron chi connectivity index (χ1n) is 6.48. The SMILES string of the molecule is CC(=O)N(O)CCc1ccc(-c2ccc(F)cc2F)cc1. The molecule has 0 aliphatic heterocycles. The second kappa shape index (κ2) is 6.45. The summed E-state index contributed by atoms with van der Waals surface area (Å²) in [7, 11) is 0. The van der Waals surface area contributed by atoms with Crippen LogP contribution in [0, 0.1) is 11.6 Å². The van der Waals surface area contributed by atoms with Crippen molar-refractivity contribution in [2.45, 2.75) is 13.3 Å². The lowest BCUT2D eigenvalue weighted by atomic mass is 10.0. The number of carbonyl (C=O) groups excluding carboxylic acids is 1. The van der Waals surface area contributed by atoms with E-state index in [1.807, 2.05) is 0 Å². The molecule has 2 aromatic rings. The van der Waals surface area contributed by atoms with Crippen LogP contribution in [0.3, 0.4) is 0 Å². The summed E-state index contributed by atoms with van der Waals surface area (Å²) in [6.45, 7) is 1.47. The van der Waals surface area contributed by atoms with Gasteiger partial charge in [0.25, 0.3) is 0 Å². The molecule has 0 saturated heterocycles. The van der Waals surface area contributed by atoms with Crippen LogP contribution in [0.2, 0.25) is 0 Å². The topological polar surface area (TPSA) is 40.5 Å². The minimum Gasteiger partial charge on any atom is -0.286 e. The number of amides is 1. The van der Waals surface area contributed by atoms with Gasteiger partial charge in [0.15, 0.2) is 0 Å². The number of hydrogen-bond acceptors (Lipinski definition) is 2. The molecule has 0 heterocycles. The van der Waals surface area contributed by atoms with Crippen molar-refractivity contribution in [1.82, 2.24) is 5.06 Å². The van der Waals surface area contributed by atoms with Crippen LogP contribution in [-0.2, 0) is 11.2 Å². The summed E-state index contributed by atoms with van der Waals surface area (Å²) in [6.07, 6.45) is 0.488. The maximum atomic E-state index is 13.7. The Hall–Kier alpha value is -2.27. The van der Waals surface area contributed by atoms with Gasteiger partial charge in [0.1, 0.15) is 11.6 Å². The van der Waals surface area contributed by atoms with Gasteiger partial charge in [0, 0.05) is 18.6 Å². The molecule has 0 spiro atoms. The van der Waals surface area contributed by atoms with E-state index in [9.17, 15) is 18.8 Å². The molecule has 2 rings (SSSR count). The van der Waals surface area contributed by atoms with Crippen molar-refractivity contribution in [3.8, 4) is 11.1 Å². The van der Waals surface area contributed by atoms with E-state index in [0.29, 0.717) is 22.6 Å². The smallest absolute Gasteiger partial charge is 0.242 e. The fourth-order valence-electron chi connectivity index (χ4n) is 1.97. The van der Waals surface area contributed by atoms with Gasteiger partial charge in [-0.3, -0.25) is 10.0 Å². The van der Waals surface area contributed by atoms with Crippen molar-refractivity contribution in [2.24, 2.45) is 0 Å². The van der Waals surface area contributed by atoms with Crippen LogP contribution in [0.4, 0.5) is 8.78 Å². The van der Waals surface area contributed by atoms with Crippen LogP contribution in [-0.4, -0.2) is 22.7 Å². The van der Waals surface area contributed by atoms with E-state index >= 15 is 0 Å². The molecule has 0 fully saturated rings. The minimum atomic E-state index is -0.611. The molecule has 0 radical (unpaired) electrons. The summed E-state index contributed by atoms with van der Waals surface area (Å²) in [5.74, 6) is -1.64. The lowest BCUT2D eigenvalue weighted by Gasteiger charge is -2.12. The summed E-state index contributed by atoms with van der Waals surface area (Å²) < 4.78 is 26.5. The Morgan fingerprint density at radius 2 is 1.81 bits per heavy atom. The largest absolute Gasteiger partial charge is 0.286 e. The highest BCUT2D eigenvalue weighted by Crippen LogP contribution is 2.23. The van der Waals surface area contributed by atoms with Gasteiger partial charge < -0.3 is 0 Å². The lowest BCUT2D eigenvalue weighted by Crippen LogP contribution is -2.26. The van der Waals surface area contributed by atoms with Crippen LogP contribution in [0.25, 0.3) is 11.1 Å². The molecule has 2 aromatic carbocycles. The van der Waals surface area contributed by atoms with Crippen molar-refractivity contribution in [3.05, 3.63) is 59.7 Å². The zero-order valence-electron chi connectivity index (χ0n) is 11.5. The van der Waals surface area contributed by atoms with E-state index in [1.54, 1.807) is 24.3 Å². The summed E-state index contributed by atoms with van der Waals surface area (Å²) >= 11 is 0. The fourth-order valence-corrected chi connectivity index (χ4v) is 1.97. The number of nitrogens with zero attached hydrogens (tertiary/aromatic N) is 1. The van der Waals surface area contributed by atoms with Gasteiger partial charge in [0.05, 0.1) is 6.54 Å². The highest BCUT2D eigenvalue weighted by atomic mass is 19.1. The Kier molecular flexibility index (Phi) is 4.65. The Morgan fingerprint density at radius 3 is 2.38 bits per heavy atom. The highest BCUT2D eigenvalue weighted by molar-refractivity contribution is 5.71. The number of hydroxylamine groups is 2. The molecule has 21 heavy (non-hydrogen) atoms. The average molecular weight is 291 g/mol. The minimum absolute atomic E-state index is 0.194. The first kappa shape index (κ1) is 15.1. The number of halogens is 2. The van der Waals surface area contributed by atoms with Crippen LogP contribution in [0.15, 0.2) is 42.5 Å². The maximum Gasteiger partial charge on any atom is 0.242 e. The molecule has 5 heteroatoms. The van der Waals surface area contributed by atoms with Crippen LogP contribution in [0.5, 0.6) is 0 Å². The van der Waals surface area contributed by atoms with Gasteiger partial charge >= 0.3 is 0 Å². The van der Waals surface area contributed by atoms with Crippen LogP contribution >= 0.6 is 0 Å². The number of carbonyl (C=O) groups is 1. The third-order valence-electron chi connectivity index (χ3n) is 3.17. The van der Waals surface area contributed by atoms with Crippen LogP contribution in [0.1, 0.15) is 12.5 Å². The molecule has 0 saturated carbocycles. The molecule has 0 atom stereocenters. The zero-order chi connectivity index (χ0) is 15.4. The summed E-state index contributed by atoms with van der Waals surface area (Å²) in [5.41, 5.74) is 1.88. The van der Waals surface area contributed by atoms with Crippen molar-refractivity contribution < 1.29 is 18.8 Å². The monoisotopic (exact) mass is 291 g/mol. The number of rotatable bonds is 4. The zero-order valence-corrected chi connectivity index (χ0v) is 11.5. The Bertz CT molecular complexity index is 641. The molecular formula is C16H15F2NO2. The summed E-state index contributed by atoms with van der Waals surface area (Å²) in [6, 6.07) is 10.5. The van der Waals surface area contributed by atoms with E-state index in [1.165, 1.54) is 19.1 Å². The first-order valence-corrected chi connectivity index (χ1v) is 6.48. The Labute approximate surface area is 121 Å². The van der Waals surface area contributed by atoms with Gasteiger partial charge in [-0.15, -0.1) is 0 Å². The standard InChI is InChI=1S/C16H15F2NO2/c1-11(20)19(21)9-8-12-2-4-13(5-3-12)15-7-6-14(17)10-16(15)18/h2-7,10,21H,8-9H2,1H3. The second-order valence-corrected chi connectivity index (χ2v) is 4.71. The van der Waals surface area contributed by atoms with Gasteiger partial charge in [0.2, 0.25) is 5.91 Å². The molecule has 3 nitrogen and oxygen atoms in total. The quantitative estimate of drug-likeness (QED) is 0.692. The first-order chi connectivity index (χ1) is 9.97. The lowest BCUT2D eigenvalue weighted by molar-refractivity contribution is -0.162. The number of benzene rings is 2. The Morgan fingerprint density at radius 1 is 1.14 bits per heavy atom. The summed E-state index contributed by atoms with van der Waals surface area (Å²) in [5, 5.41) is 9.93. The van der Waals surface area contributed by atoms with Gasteiger partial charge in [-0.1, -0.05) is 24.3 Å². The highest BCUT2D eigenvalue weighted by Gasteiger charge is 2.07. The van der Waals surface area contributed by atoms with E-state index < -0.39 is 17.5 Å². The molecule has 0 aliphatic carbocycles. The van der Waals surface area contributed by atoms with E-state index in [2.05, 4.69) is 0 Å². The molecular weight excluding hydrogens is 276 g/mol. The molecule has 0 aromatic heterocycles. The van der Waals surface area contributed by atoms with Crippen LogP contribution < -0.4 is 0 Å². The maximum absolute atomic E-state index is 13.7.